The van der Waals surface area contributed by atoms with E-state index >= 15 is 4.39 Å². The molecule has 0 saturated carbocycles. The fraction of sp³-hybridized carbons (Fsp3) is 0.355. The molecule has 0 aliphatic carbocycles. The van der Waals surface area contributed by atoms with Crippen LogP contribution < -0.4 is 9.64 Å². The number of ether oxygens (including phenoxy) is 1. The molecule has 2 aliphatic rings. The van der Waals surface area contributed by atoms with E-state index in [9.17, 15) is 19.6 Å². The maximum Gasteiger partial charge on any atom is 0.319 e. The van der Waals surface area contributed by atoms with E-state index in [2.05, 4.69) is 17.5 Å². The number of halogens is 2. The highest BCUT2D eigenvalue weighted by molar-refractivity contribution is 6.14. The predicted molar refractivity (Wildman–Crippen MR) is 156 cm³/mol. The number of rotatable bonds is 7. The summed E-state index contributed by atoms with van der Waals surface area (Å²) in [6.07, 6.45) is 3.49. The lowest BCUT2D eigenvalue weighted by Crippen LogP contribution is -2.55. The number of anilines is 1. The van der Waals surface area contributed by atoms with Crippen molar-refractivity contribution in [2.24, 2.45) is 0 Å². The average Bonchev–Trinajstić information content (AvgIpc) is 3.64. The van der Waals surface area contributed by atoms with Crippen LogP contribution >= 0.6 is 0 Å². The zero-order valence-electron chi connectivity index (χ0n) is 23.6. The average molecular weight is 589 g/mol. The summed E-state index contributed by atoms with van der Waals surface area (Å²) in [5.74, 6) is -2.33. The van der Waals surface area contributed by atoms with Crippen LogP contribution in [0.1, 0.15) is 19.3 Å². The van der Waals surface area contributed by atoms with Gasteiger partial charge in [0, 0.05) is 36.6 Å². The molecule has 2 saturated heterocycles. The molecule has 2 fully saturated rings. The molecule has 4 aromatic rings. The number of aromatic nitrogens is 2. The Morgan fingerprint density at radius 3 is 2.81 bits per heavy atom. The number of phenolic OH excluding ortho intramolecular Hbond substituents is 1. The van der Waals surface area contributed by atoms with Crippen molar-refractivity contribution in [1.29, 1.82) is 5.26 Å². The molecule has 10 nitrogen and oxygen atoms in total. The molecule has 0 unspecified atom stereocenters. The molecular weight excluding hydrogens is 558 g/mol. The Hall–Kier alpha value is -4.76. The number of nitriles is 1. The van der Waals surface area contributed by atoms with Crippen molar-refractivity contribution in [2.45, 2.75) is 31.3 Å². The summed E-state index contributed by atoms with van der Waals surface area (Å²) in [4.78, 5) is 27.4. The summed E-state index contributed by atoms with van der Waals surface area (Å²) in [7, 11) is 2.04. The maximum atomic E-state index is 15.1. The van der Waals surface area contributed by atoms with Gasteiger partial charge in [0.15, 0.2) is 5.83 Å². The van der Waals surface area contributed by atoms with Crippen LogP contribution in [-0.4, -0.2) is 82.7 Å². The number of carbonyl (C=O) groups excluding carboxylic acids is 1. The van der Waals surface area contributed by atoms with Gasteiger partial charge in [0.1, 0.15) is 29.6 Å². The minimum atomic E-state index is -1.09. The summed E-state index contributed by atoms with van der Waals surface area (Å²) in [6, 6.07) is 9.22. The van der Waals surface area contributed by atoms with Crippen LogP contribution in [0.25, 0.3) is 33.0 Å². The predicted octanol–water partition coefficient (Wildman–Crippen LogP) is 4.77. The number of phenols is 1. The molecule has 43 heavy (non-hydrogen) atoms. The van der Waals surface area contributed by atoms with Crippen LogP contribution in [0.15, 0.2) is 53.4 Å². The van der Waals surface area contributed by atoms with Crippen molar-refractivity contribution in [2.75, 3.05) is 44.7 Å². The van der Waals surface area contributed by atoms with Gasteiger partial charge in [-0.2, -0.15) is 15.2 Å². The molecule has 2 aliphatic heterocycles. The highest BCUT2D eigenvalue weighted by atomic mass is 19.1. The summed E-state index contributed by atoms with van der Waals surface area (Å²) < 4.78 is 40.9. The Balaban J connectivity index is 1.49. The van der Waals surface area contributed by atoms with Gasteiger partial charge in [-0.3, -0.25) is 4.79 Å². The van der Waals surface area contributed by atoms with Gasteiger partial charge in [-0.05, 0) is 50.7 Å². The quantitative estimate of drug-likeness (QED) is 0.305. The van der Waals surface area contributed by atoms with Gasteiger partial charge >= 0.3 is 6.01 Å². The Bertz CT molecular complexity index is 1750. The van der Waals surface area contributed by atoms with Gasteiger partial charge in [-0.1, -0.05) is 12.6 Å². The van der Waals surface area contributed by atoms with Crippen LogP contribution in [0.4, 0.5) is 14.6 Å². The summed E-state index contributed by atoms with van der Waals surface area (Å²) in [5, 5.41) is 21.2. The number of furan rings is 1. The lowest BCUT2D eigenvalue weighted by Gasteiger charge is -2.41. The Morgan fingerprint density at radius 2 is 2.09 bits per heavy atom. The number of benzene rings is 2. The third-order valence-corrected chi connectivity index (χ3v) is 8.30. The van der Waals surface area contributed by atoms with E-state index in [1.165, 1.54) is 29.4 Å². The van der Waals surface area contributed by atoms with Crippen LogP contribution in [-0.2, 0) is 4.79 Å². The molecule has 0 bridgehead atoms. The van der Waals surface area contributed by atoms with Gasteiger partial charge < -0.3 is 29.0 Å². The van der Waals surface area contributed by atoms with Crippen molar-refractivity contribution < 1.29 is 27.8 Å². The number of hydrogen-bond acceptors (Lipinski definition) is 9. The van der Waals surface area contributed by atoms with E-state index < -0.39 is 23.6 Å². The summed E-state index contributed by atoms with van der Waals surface area (Å²) in [6.45, 7) is 5.06. The van der Waals surface area contributed by atoms with Crippen LogP contribution in [0, 0.1) is 17.1 Å². The molecule has 222 valence electrons. The Labute approximate surface area is 246 Å². The second-order valence-corrected chi connectivity index (χ2v) is 10.9. The third-order valence-electron chi connectivity index (χ3n) is 8.30. The van der Waals surface area contributed by atoms with Gasteiger partial charge in [0.2, 0.25) is 0 Å². The smallest absolute Gasteiger partial charge is 0.319 e. The molecule has 0 radical (unpaired) electrons. The minimum Gasteiger partial charge on any atom is -0.507 e. The second kappa shape index (κ2) is 11.5. The molecule has 0 spiro atoms. The molecule has 6 rings (SSSR count). The number of likely N-dealkylation sites (N-methyl/N-ethyl adjacent to an activating group) is 1. The highest BCUT2D eigenvalue weighted by Gasteiger charge is 2.34. The normalized spacial score (nSPS) is 19.2. The number of amides is 1. The first-order chi connectivity index (χ1) is 20.8. The highest BCUT2D eigenvalue weighted by Crippen LogP contribution is 2.43. The number of piperazine rings is 1. The van der Waals surface area contributed by atoms with E-state index in [1.54, 1.807) is 12.1 Å². The molecular formula is C31H30F2N6O4. The lowest BCUT2D eigenvalue weighted by atomic mass is 9.97. The molecule has 2 aromatic carbocycles. The zero-order chi connectivity index (χ0) is 30.2. The molecule has 1 N–H and O–H groups in total. The second-order valence-electron chi connectivity index (χ2n) is 10.9. The molecule has 2 aromatic heterocycles. The van der Waals surface area contributed by atoms with Gasteiger partial charge in [0.05, 0.1) is 41.3 Å². The van der Waals surface area contributed by atoms with Crippen LogP contribution in [0.2, 0.25) is 0 Å². The number of aromatic hydroxyl groups is 1. The number of carbonyl (C=O) groups is 1. The third kappa shape index (κ3) is 5.21. The van der Waals surface area contributed by atoms with Gasteiger partial charge in [0.25, 0.3) is 5.91 Å². The zero-order valence-corrected chi connectivity index (χ0v) is 23.6. The summed E-state index contributed by atoms with van der Waals surface area (Å²) >= 11 is 0. The fourth-order valence-corrected chi connectivity index (χ4v) is 6.09. The molecule has 12 heteroatoms. The number of fused-ring (bicyclic) bond motifs is 3. The Morgan fingerprint density at radius 1 is 1.26 bits per heavy atom. The van der Waals surface area contributed by atoms with Crippen molar-refractivity contribution in [3.8, 4) is 29.0 Å². The maximum absolute atomic E-state index is 15.1. The largest absolute Gasteiger partial charge is 0.507 e. The summed E-state index contributed by atoms with van der Waals surface area (Å²) in [5.41, 5.74) is 1.17. The standard InChI is InChI=1S/C31H30F2N6O4/c1-18(32)30(41)39-13-12-38(16-19(39)8-10-34)29-27-24(35-31(36-29)43-17-20-5-4-11-37(20)2)15-22(21-9-14-42-28(21)27)26-23(33)6-3-7-25(26)40/h3,6-7,9,14-15,19-20,40H,1,4-5,8,11-13,16-17H2,2H3/t19-,20-/m0/s1. The van der Waals surface area contributed by atoms with E-state index in [-0.39, 0.29) is 49.4 Å². The first kappa shape index (κ1) is 28.4. The minimum absolute atomic E-state index is 0.0127. The monoisotopic (exact) mass is 588 g/mol. The first-order valence-corrected chi connectivity index (χ1v) is 14.1. The van der Waals surface area contributed by atoms with E-state index in [0.717, 1.165) is 19.4 Å². The van der Waals surface area contributed by atoms with Gasteiger partial charge in [-0.25, -0.2) is 8.78 Å². The van der Waals surface area contributed by atoms with Crippen molar-refractivity contribution in [1.82, 2.24) is 19.8 Å². The fourth-order valence-electron chi connectivity index (χ4n) is 6.09. The van der Waals surface area contributed by atoms with E-state index in [1.807, 2.05) is 11.9 Å². The molecule has 2 atom stereocenters. The van der Waals surface area contributed by atoms with Crippen molar-refractivity contribution >= 4 is 33.6 Å². The van der Waals surface area contributed by atoms with E-state index in [0.29, 0.717) is 39.9 Å². The molecule has 4 heterocycles. The lowest BCUT2D eigenvalue weighted by molar-refractivity contribution is -0.131. The molecule has 1 amide bonds. The van der Waals surface area contributed by atoms with Gasteiger partial charge in [-0.15, -0.1) is 0 Å². The number of hydrogen-bond donors (Lipinski definition) is 1. The van der Waals surface area contributed by atoms with Crippen LogP contribution in [0.3, 0.4) is 0 Å². The Kier molecular flexibility index (Phi) is 7.58. The first-order valence-electron chi connectivity index (χ1n) is 14.1. The van der Waals surface area contributed by atoms with E-state index in [4.69, 9.17) is 19.1 Å². The topological polar surface area (TPSA) is 119 Å². The van der Waals surface area contributed by atoms with Crippen molar-refractivity contribution in [3.63, 3.8) is 0 Å². The SMILES string of the molecule is C=C(F)C(=O)N1CCN(c2nc(OC[C@@H]3CCCN3C)nc3cc(-c4c(O)cccc4F)c4ccoc4c23)C[C@@H]1CC#N. The van der Waals surface area contributed by atoms with Crippen molar-refractivity contribution in [3.05, 3.63) is 54.8 Å². The van der Waals surface area contributed by atoms with Crippen LogP contribution in [0.5, 0.6) is 11.8 Å². The number of likely N-dealkylation sites (tertiary alicyclic amines) is 1. The number of nitrogens with zero attached hydrogens (tertiary/aromatic N) is 6.